The average Bonchev–Trinajstić information content (AvgIpc) is 2.91. The molecule has 1 aromatic heterocycles. The summed E-state index contributed by atoms with van der Waals surface area (Å²) in [6.07, 6.45) is 4.14. The monoisotopic (exact) mass is 475 g/mol. The largest absolute Gasteiger partial charge is 0.490 e. The Morgan fingerprint density at radius 2 is 1.97 bits per heavy atom. The average molecular weight is 476 g/mol. The van der Waals surface area contributed by atoms with Crippen LogP contribution in [0.2, 0.25) is 0 Å². The summed E-state index contributed by atoms with van der Waals surface area (Å²) in [7, 11) is 0. The molecule has 7 heteroatoms. The molecule has 35 heavy (non-hydrogen) atoms. The van der Waals surface area contributed by atoms with Gasteiger partial charge in [0.2, 0.25) is 0 Å². The first kappa shape index (κ1) is 23.6. The molecule has 1 atom stereocenters. The number of pyridine rings is 1. The highest BCUT2D eigenvalue weighted by molar-refractivity contribution is 5.88. The number of morpholine rings is 1. The van der Waals surface area contributed by atoms with Crippen molar-refractivity contribution in [1.29, 1.82) is 0 Å². The Labute approximate surface area is 206 Å². The molecule has 0 bridgehead atoms. The molecule has 0 aliphatic carbocycles. The Balaban J connectivity index is 1.10. The van der Waals surface area contributed by atoms with Gasteiger partial charge in [-0.15, -0.1) is 0 Å². The van der Waals surface area contributed by atoms with Crippen LogP contribution in [0.5, 0.6) is 5.75 Å². The summed E-state index contributed by atoms with van der Waals surface area (Å²) in [4.78, 5) is 18.7. The SMILES string of the molecule is Cc1c(-c2ccc(OC3CCN(C(=O)OCCC4CNCCO4)CC3)cc2)ccc2cccnc12. The van der Waals surface area contributed by atoms with E-state index in [-0.39, 0.29) is 18.3 Å². The number of nitrogens with one attached hydrogen (secondary N) is 1. The van der Waals surface area contributed by atoms with E-state index in [0.717, 1.165) is 61.2 Å². The van der Waals surface area contributed by atoms with Crippen LogP contribution in [0.4, 0.5) is 4.79 Å². The molecule has 1 unspecified atom stereocenters. The van der Waals surface area contributed by atoms with Crippen LogP contribution in [-0.4, -0.2) is 67.6 Å². The summed E-state index contributed by atoms with van der Waals surface area (Å²) in [5.74, 6) is 0.854. The molecular formula is C28H33N3O4. The zero-order valence-electron chi connectivity index (χ0n) is 20.2. The summed E-state index contributed by atoms with van der Waals surface area (Å²) in [5, 5.41) is 4.44. The van der Waals surface area contributed by atoms with Gasteiger partial charge in [0.1, 0.15) is 11.9 Å². The first-order chi connectivity index (χ1) is 17.2. The fourth-order valence-corrected chi connectivity index (χ4v) is 4.84. The Hall–Kier alpha value is -3.16. The van der Waals surface area contributed by atoms with Crippen molar-refractivity contribution in [2.24, 2.45) is 0 Å². The van der Waals surface area contributed by atoms with E-state index in [2.05, 4.69) is 47.6 Å². The van der Waals surface area contributed by atoms with Gasteiger partial charge in [0.15, 0.2) is 0 Å². The van der Waals surface area contributed by atoms with Crippen LogP contribution < -0.4 is 10.1 Å². The van der Waals surface area contributed by atoms with Crippen molar-refractivity contribution >= 4 is 17.0 Å². The molecule has 1 amide bonds. The topological polar surface area (TPSA) is 72.9 Å². The van der Waals surface area contributed by atoms with Crippen LogP contribution in [0.1, 0.15) is 24.8 Å². The van der Waals surface area contributed by atoms with Crippen LogP contribution >= 0.6 is 0 Å². The van der Waals surface area contributed by atoms with E-state index in [1.54, 1.807) is 4.90 Å². The first-order valence-electron chi connectivity index (χ1n) is 12.5. The molecule has 2 aromatic carbocycles. The van der Waals surface area contributed by atoms with Gasteiger partial charge in [-0.1, -0.05) is 30.3 Å². The van der Waals surface area contributed by atoms with Crippen LogP contribution in [-0.2, 0) is 9.47 Å². The number of benzene rings is 2. The van der Waals surface area contributed by atoms with E-state index in [1.807, 2.05) is 24.4 Å². The van der Waals surface area contributed by atoms with Crippen molar-refractivity contribution in [3.63, 3.8) is 0 Å². The van der Waals surface area contributed by atoms with Gasteiger partial charge in [0, 0.05) is 57.0 Å². The lowest BCUT2D eigenvalue weighted by Crippen LogP contribution is -2.43. The number of likely N-dealkylation sites (tertiary alicyclic amines) is 1. The van der Waals surface area contributed by atoms with Gasteiger partial charge in [-0.05, 0) is 41.8 Å². The molecule has 184 valence electrons. The highest BCUT2D eigenvalue weighted by atomic mass is 16.6. The van der Waals surface area contributed by atoms with Crippen molar-refractivity contribution < 1.29 is 19.0 Å². The van der Waals surface area contributed by atoms with Gasteiger partial charge in [0.05, 0.1) is 24.8 Å². The Morgan fingerprint density at radius 1 is 1.14 bits per heavy atom. The molecule has 0 saturated carbocycles. The maximum Gasteiger partial charge on any atom is 0.409 e. The molecule has 0 radical (unpaired) electrons. The van der Waals surface area contributed by atoms with Crippen LogP contribution in [0.25, 0.3) is 22.0 Å². The van der Waals surface area contributed by atoms with Gasteiger partial charge < -0.3 is 24.4 Å². The second-order valence-electron chi connectivity index (χ2n) is 9.24. The number of nitrogens with zero attached hydrogens (tertiary/aromatic N) is 2. The number of aryl methyl sites for hydroxylation is 1. The number of aromatic nitrogens is 1. The molecular weight excluding hydrogens is 442 g/mol. The van der Waals surface area contributed by atoms with E-state index in [1.165, 1.54) is 11.1 Å². The van der Waals surface area contributed by atoms with Gasteiger partial charge in [-0.3, -0.25) is 4.98 Å². The van der Waals surface area contributed by atoms with Gasteiger partial charge in [-0.25, -0.2) is 4.79 Å². The zero-order chi connectivity index (χ0) is 24.0. The van der Waals surface area contributed by atoms with Crippen molar-refractivity contribution in [2.75, 3.05) is 39.4 Å². The minimum atomic E-state index is -0.239. The lowest BCUT2D eigenvalue weighted by atomic mass is 9.98. The minimum absolute atomic E-state index is 0.0956. The molecule has 2 aliphatic heterocycles. The normalized spacial score (nSPS) is 19.0. The fraction of sp³-hybridized carbons (Fsp3) is 0.429. The van der Waals surface area contributed by atoms with E-state index in [0.29, 0.717) is 19.7 Å². The fourth-order valence-electron chi connectivity index (χ4n) is 4.84. The summed E-state index contributed by atoms with van der Waals surface area (Å²) in [5.41, 5.74) is 4.55. The first-order valence-corrected chi connectivity index (χ1v) is 12.5. The number of ether oxygens (including phenoxy) is 3. The van der Waals surface area contributed by atoms with Crippen LogP contribution in [0.15, 0.2) is 54.7 Å². The summed E-state index contributed by atoms with van der Waals surface area (Å²) in [6, 6.07) is 16.6. The molecule has 3 aromatic rings. The number of amides is 1. The second-order valence-corrected chi connectivity index (χ2v) is 9.24. The predicted molar refractivity (Wildman–Crippen MR) is 136 cm³/mol. The lowest BCUT2D eigenvalue weighted by molar-refractivity contribution is 0.00623. The molecule has 3 heterocycles. The van der Waals surface area contributed by atoms with Crippen molar-refractivity contribution in [3.8, 4) is 16.9 Å². The molecule has 0 spiro atoms. The number of hydrogen-bond acceptors (Lipinski definition) is 6. The van der Waals surface area contributed by atoms with Crippen LogP contribution in [0.3, 0.4) is 0 Å². The summed E-state index contributed by atoms with van der Waals surface area (Å²) in [6.45, 7) is 6.23. The zero-order valence-corrected chi connectivity index (χ0v) is 20.2. The quantitative estimate of drug-likeness (QED) is 0.563. The van der Waals surface area contributed by atoms with Crippen molar-refractivity contribution in [2.45, 2.75) is 38.4 Å². The highest BCUT2D eigenvalue weighted by Gasteiger charge is 2.25. The summed E-state index contributed by atoms with van der Waals surface area (Å²) >= 11 is 0. The lowest BCUT2D eigenvalue weighted by Gasteiger charge is -2.31. The third kappa shape index (κ3) is 5.74. The molecule has 7 nitrogen and oxygen atoms in total. The van der Waals surface area contributed by atoms with E-state index < -0.39 is 0 Å². The van der Waals surface area contributed by atoms with Gasteiger partial charge in [0.25, 0.3) is 0 Å². The molecule has 2 saturated heterocycles. The van der Waals surface area contributed by atoms with Crippen molar-refractivity contribution in [3.05, 3.63) is 60.3 Å². The number of carbonyl (C=O) groups is 1. The maximum atomic E-state index is 12.4. The van der Waals surface area contributed by atoms with Crippen molar-refractivity contribution in [1.82, 2.24) is 15.2 Å². The second kappa shape index (κ2) is 11.1. The molecule has 5 rings (SSSR count). The third-order valence-corrected chi connectivity index (χ3v) is 6.87. The molecule has 2 fully saturated rings. The Kier molecular flexibility index (Phi) is 7.45. The Bertz CT molecular complexity index is 1140. The van der Waals surface area contributed by atoms with E-state index in [4.69, 9.17) is 14.2 Å². The number of piperidine rings is 1. The van der Waals surface area contributed by atoms with E-state index >= 15 is 0 Å². The van der Waals surface area contributed by atoms with Crippen LogP contribution in [0, 0.1) is 6.92 Å². The predicted octanol–water partition coefficient (Wildman–Crippen LogP) is 4.57. The van der Waals surface area contributed by atoms with E-state index in [9.17, 15) is 4.79 Å². The number of fused-ring (bicyclic) bond motifs is 1. The van der Waals surface area contributed by atoms with Gasteiger partial charge >= 0.3 is 6.09 Å². The smallest absolute Gasteiger partial charge is 0.409 e. The molecule has 2 aliphatic rings. The standard InChI is InChI=1S/C28H33N3O4/c1-20-26(9-6-22-3-2-13-30-27(20)22)21-4-7-23(8-5-21)35-24-10-15-31(16-11-24)28(32)34-17-12-25-19-29-14-18-33-25/h2-9,13,24-25,29H,10-12,14-19H2,1H3. The Morgan fingerprint density at radius 3 is 2.74 bits per heavy atom. The molecule has 1 N–H and O–H groups in total. The number of carbonyl (C=O) groups excluding carboxylic acids is 1. The number of hydrogen-bond donors (Lipinski definition) is 1. The third-order valence-electron chi connectivity index (χ3n) is 6.87. The summed E-state index contributed by atoms with van der Waals surface area (Å²) < 4.78 is 17.3. The number of rotatable bonds is 6. The minimum Gasteiger partial charge on any atom is -0.490 e. The maximum absolute atomic E-state index is 12.4. The van der Waals surface area contributed by atoms with Gasteiger partial charge in [-0.2, -0.15) is 0 Å². The highest BCUT2D eigenvalue weighted by Crippen LogP contribution is 2.30.